The maximum absolute atomic E-state index is 13.1. The van der Waals surface area contributed by atoms with Crippen LogP contribution < -0.4 is 5.56 Å². The third-order valence-electron chi connectivity index (χ3n) is 5.63. The van der Waals surface area contributed by atoms with E-state index in [1.807, 2.05) is 23.3 Å². The molecule has 0 N–H and O–H groups in total. The SMILES string of the molecule is Cc1cc(C(=O)N2CCN(Cc3cc(=O)n4ccsc4n3)CC2)c(C)n1C(C)C. The van der Waals surface area contributed by atoms with E-state index in [0.29, 0.717) is 25.7 Å². The van der Waals surface area contributed by atoms with Crippen molar-refractivity contribution in [3.05, 3.63) is 56.7 Å². The molecule has 3 aromatic heterocycles. The van der Waals surface area contributed by atoms with Crippen molar-refractivity contribution < 1.29 is 4.79 Å². The molecule has 0 saturated carbocycles. The van der Waals surface area contributed by atoms with Gasteiger partial charge < -0.3 is 9.47 Å². The first kappa shape index (κ1) is 19.8. The Hall–Kier alpha value is -2.45. The molecule has 7 nitrogen and oxygen atoms in total. The smallest absolute Gasteiger partial charge is 0.258 e. The lowest BCUT2D eigenvalue weighted by molar-refractivity contribution is 0.0626. The Morgan fingerprint density at radius 1 is 1.17 bits per heavy atom. The van der Waals surface area contributed by atoms with Gasteiger partial charge >= 0.3 is 0 Å². The highest BCUT2D eigenvalue weighted by atomic mass is 32.1. The molecule has 4 rings (SSSR count). The van der Waals surface area contributed by atoms with Crippen LogP contribution in [0.25, 0.3) is 4.96 Å². The van der Waals surface area contributed by atoms with E-state index >= 15 is 0 Å². The molecular formula is C21H27N5O2S. The van der Waals surface area contributed by atoms with Crippen LogP contribution in [-0.2, 0) is 6.54 Å². The predicted octanol–water partition coefficient (Wildman–Crippen LogP) is 2.71. The Bertz CT molecular complexity index is 1100. The van der Waals surface area contributed by atoms with Crippen LogP contribution in [0.15, 0.2) is 28.5 Å². The number of thiazole rings is 1. The molecule has 154 valence electrons. The van der Waals surface area contributed by atoms with Gasteiger partial charge in [0.15, 0.2) is 4.96 Å². The summed E-state index contributed by atoms with van der Waals surface area (Å²) in [4.78, 5) is 34.7. The average molecular weight is 414 g/mol. The number of rotatable bonds is 4. The Morgan fingerprint density at radius 3 is 2.55 bits per heavy atom. The van der Waals surface area contributed by atoms with Gasteiger partial charge in [0.1, 0.15) is 0 Å². The monoisotopic (exact) mass is 413 g/mol. The van der Waals surface area contributed by atoms with Gasteiger partial charge in [-0.15, -0.1) is 11.3 Å². The molecule has 0 bridgehead atoms. The molecule has 0 spiro atoms. The molecule has 1 fully saturated rings. The third kappa shape index (κ3) is 3.74. The molecule has 0 aromatic carbocycles. The van der Waals surface area contributed by atoms with Crippen LogP contribution >= 0.6 is 11.3 Å². The second-order valence-electron chi connectivity index (χ2n) is 7.96. The number of carbonyl (C=O) groups is 1. The molecule has 1 amide bonds. The summed E-state index contributed by atoms with van der Waals surface area (Å²) in [5.74, 6) is 0.112. The fourth-order valence-electron chi connectivity index (χ4n) is 4.27. The normalized spacial score (nSPS) is 15.6. The van der Waals surface area contributed by atoms with Gasteiger partial charge in [-0.2, -0.15) is 0 Å². The van der Waals surface area contributed by atoms with Crippen LogP contribution in [0.1, 0.15) is 47.3 Å². The van der Waals surface area contributed by atoms with E-state index in [-0.39, 0.29) is 11.5 Å². The predicted molar refractivity (Wildman–Crippen MR) is 115 cm³/mol. The van der Waals surface area contributed by atoms with Crippen molar-refractivity contribution in [2.45, 2.75) is 40.3 Å². The van der Waals surface area contributed by atoms with Gasteiger partial charge in [-0.05, 0) is 33.8 Å². The van der Waals surface area contributed by atoms with Crippen molar-refractivity contribution in [3.63, 3.8) is 0 Å². The largest absolute Gasteiger partial charge is 0.346 e. The van der Waals surface area contributed by atoms with Crippen LogP contribution in [0.2, 0.25) is 0 Å². The Balaban J connectivity index is 1.42. The van der Waals surface area contributed by atoms with Crippen LogP contribution in [0, 0.1) is 13.8 Å². The van der Waals surface area contributed by atoms with E-state index in [4.69, 9.17) is 0 Å². The standard InChI is InChI=1S/C21H27N5O2S/c1-14(2)26-15(3)11-18(16(26)4)20(28)24-7-5-23(6-8-24)13-17-12-19(27)25-9-10-29-21(25)22-17/h9-12,14H,5-8,13H2,1-4H3. The molecule has 29 heavy (non-hydrogen) atoms. The molecule has 3 aromatic rings. The number of fused-ring (bicyclic) bond motifs is 1. The first-order chi connectivity index (χ1) is 13.8. The number of carbonyl (C=O) groups excluding carboxylic acids is 1. The van der Waals surface area contributed by atoms with Gasteiger partial charge in [0.05, 0.1) is 11.3 Å². The van der Waals surface area contributed by atoms with Crippen LogP contribution in [-0.4, -0.2) is 55.8 Å². The van der Waals surface area contributed by atoms with E-state index in [1.165, 1.54) is 11.3 Å². The first-order valence-corrected chi connectivity index (χ1v) is 10.9. The summed E-state index contributed by atoms with van der Waals surface area (Å²) >= 11 is 1.46. The molecule has 1 aliphatic heterocycles. The van der Waals surface area contributed by atoms with Crippen LogP contribution in [0.3, 0.4) is 0 Å². The van der Waals surface area contributed by atoms with Gasteiger partial charge in [0.2, 0.25) is 0 Å². The number of nitrogens with zero attached hydrogens (tertiary/aromatic N) is 5. The summed E-state index contributed by atoms with van der Waals surface area (Å²) in [5.41, 5.74) is 3.72. The second-order valence-corrected chi connectivity index (χ2v) is 8.83. The minimum Gasteiger partial charge on any atom is -0.346 e. The number of piperazine rings is 1. The van der Waals surface area contributed by atoms with Crippen molar-refractivity contribution in [3.8, 4) is 0 Å². The molecule has 1 aliphatic rings. The lowest BCUT2D eigenvalue weighted by Gasteiger charge is -2.34. The van der Waals surface area contributed by atoms with E-state index < -0.39 is 0 Å². The van der Waals surface area contributed by atoms with Crippen molar-refractivity contribution in [1.82, 2.24) is 23.8 Å². The van der Waals surface area contributed by atoms with Crippen molar-refractivity contribution in [1.29, 1.82) is 0 Å². The topological polar surface area (TPSA) is 62.9 Å². The maximum Gasteiger partial charge on any atom is 0.258 e. The summed E-state index contributed by atoms with van der Waals surface area (Å²) < 4.78 is 3.78. The third-order valence-corrected chi connectivity index (χ3v) is 6.39. The molecule has 8 heteroatoms. The Kier molecular flexibility index (Phi) is 5.31. The number of aromatic nitrogens is 3. The summed E-state index contributed by atoms with van der Waals surface area (Å²) in [6.45, 7) is 11.9. The van der Waals surface area contributed by atoms with E-state index in [1.54, 1.807) is 16.7 Å². The molecule has 1 saturated heterocycles. The zero-order chi connectivity index (χ0) is 20.7. The van der Waals surface area contributed by atoms with E-state index in [0.717, 1.165) is 40.7 Å². The minimum absolute atomic E-state index is 0.0411. The van der Waals surface area contributed by atoms with Crippen molar-refractivity contribution in [2.24, 2.45) is 0 Å². The number of hydrogen-bond acceptors (Lipinski definition) is 5. The minimum atomic E-state index is -0.0411. The zero-order valence-electron chi connectivity index (χ0n) is 17.4. The average Bonchev–Trinajstić information content (AvgIpc) is 3.26. The lowest BCUT2D eigenvalue weighted by atomic mass is 10.2. The highest BCUT2D eigenvalue weighted by Gasteiger charge is 2.26. The van der Waals surface area contributed by atoms with Crippen LogP contribution in [0.5, 0.6) is 0 Å². The lowest BCUT2D eigenvalue weighted by Crippen LogP contribution is -2.48. The Morgan fingerprint density at radius 2 is 1.90 bits per heavy atom. The number of hydrogen-bond donors (Lipinski definition) is 0. The quantitative estimate of drug-likeness (QED) is 0.660. The fraction of sp³-hybridized carbons (Fsp3) is 0.476. The van der Waals surface area contributed by atoms with E-state index in [9.17, 15) is 9.59 Å². The molecular weight excluding hydrogens is 386 g/mol. The Labute approximate surface area is 174 Å². The molecule has 0 unspecified atom stereocenters. The summed E-state index contributed by atoms with van der Waals surface area (Å²) in [6, 6.07) is 3.96. The van der Waals surface area contributed by atoms with Crippen molar-refractivity contribution in [2.75, 3.05) is 26.2 Å². The number of aryl methyl sites for hydroxylation is 1. The van der Waals surface area contributed by atoms with Crippen molar-refractivity contribution >= 4 is 22.2 Å². The van der Waals surface area contributed by atoms with E-state index in [2.05, 4.69) is 35.2 Å². The second kappa shape index (κ2) is 7.76. The summed E-state index contributed by atoms with van der Waals surface area (Å²) in [7, 11) is 0. The molecule has 0 radical (unpaired) electrons. The van der Waals surface area contributed by atoms with Crippen LogP contribution in [0.4, 0.5) is 0 Å². The molecule has 4 heterocycles. The van der Waals surface area contributed by atoms with Gasteiger partial charge in [0.25, 0.3) is 11.5 Å². The maximum atomic E-state index is 13.1. The molecule has 0 aliphatic carbocycles. The van der Waals surface area contributed by atoms with Gasteiger partial charge in [-0.1, -0.05) is 0 Å². The summed E-state index contributed by atoms with van der Waals surface area (Å²) in [5, 5.41) is 1.87. The molecule has 0 atom stereocenters. The van der Waals surface area contributed by atoms with Gasteiger partial charge in [0, 0.05) is 67.8 Å². The fourth-order valence-corrected chi connectivity index (χ4v) is 5.00. The highest BCUT2D eigenvalue weighted by Crippen LogP contribution is 2.22. The first-order valence-electron chi connectivity index (χ1n) is 10.0. The number of amides is 1. The van der Waals surface area contributed by atoms with Gasteiger partial charge in [-0.3, -0.25) is 18.9 Å². The van der Waals surface area contributed by atoms with Gasteiger partial charge in [-0.25, -0.2) is 4.98 Å². The zero-order valence-corrected chi connectivity index (χ0v) is 18.2. The summed E-state index contributed by atoms with van der Waals surface area (Å²) in [6.07, 6.45) is 1.75. The highest BCUT2D eigenvalue weighted by molar-refractivity contribution is 7.15.